The highest BCUT2D eigenvalue weighted by Crippen LogP contribution is 2.63. The maximum atomic E-state index is 14.7. The minimum Gasteiger partial charge on any atom is -0.347 e. The molecule has 0 unspecified atom stereocenters. The lowest BCUT2D eigenvalue weighted by Crippen LogP contribution is -2.54. The van der Waals surface area contributed by atoms with Crippen molar-refractivity contribution in [2.75, 3.05) is 18.1 Å². The molecule has 43 heavy (non-hydrogen) atoms. The van der Waals surface area contributed by atoms with Gasteiger partial charge in [0.15, 0.2) is 5.79 Å². The van der Waals surface area contributed by atoms with E-state index in [1.54, 1.807) is 13.1 Å². The average molecular weight is 572 g/mol. The Morgan fingerprint density at radius 2 is 1.51 bits per heavy atom. The van der Waals surface area contributed by atoms with E-state index >= 15 is 0 Å². The summed E-state index contributed by atoms with van der Waals surface area (Å²) in [4.78, 5) is 43.5. The molecule has 2 saturated heterocycles. The third-order valence-electron chi connectivity index (χ3n) is 9.53. The summed E-state index contributed by atoms with van der Waals surface area (Å²) >= 11 is 0. The summed E-state index contributed by atoms with van der Waals surface area (Å²) in [6, 6.07) is 29.4. The fourth-order valence-electron chi connectivity index (χ4n) is 7.89. The lowest BCUT2D eigenvalue weighted by molar-refractivity contribution is -0.159. The normalized spacial score (nSPS) is 26.5. The van der Waals surface area contributed by atoms with E-state index in [4.69, 9.17) is 9.47 Å². The van der Waals surface area contributed by atoms with Crippen LogP contribution in [0.25, 0.3) is 10.8 Å². The third kappa shape index (κ3) is 3.63. The van der Waals surface area contributed by atoms with Crippen LogP contribution in [0.5, 0.6) is 0 Å². The Bertz CT molecular complexity index is 1810. The smallest absolute Gasteiger partial charge is 0.245 e. The Balaban J connectivity index is 1.28. The van der Waals surface area contributed by atoms with E-state index in [9.17, 15) is 14.4 Å². The van der Waals surface area contributed by atoms with Crippen molar-refractivity contribution in [1.82, 2.24) is 5.43 Å². The fraction of sp³-hybridized carbons (Fsp3) is 0.257. The number of anilines is 1. The molecule has 2 bridgehead atoms. The van der Waals surface area contributed by atoms with Gasteiger partial charge >= 0.3 is 0 Å². The number of carbonyl (C=O) groups excluding carboxylic acids is 3. The summed E-state index contributed by atoms with van der Waals surface area (Å²) in [5.41, 5.74) is 6.02. The van der Waals surface area contributed by atoms with E-state index in [0.29, 0.717) is 18.9 Å². The van der Waals surface area contributed by atoms with Crippen LogP contribution in [0.3, 0.4) is 0 Å². The second-order valence-corrected chi connectivity index (χ2v) is 11.8. The first kappa shape index (κ1) is 26.0. The standard InChI is InChI=1S/C35H29N3O5/c1-34(42-17-18-43-34)19-28(39)37-36-20-35-25-14-6-4-12-23(25)29(24-13-5-7-15-26(24)35)30-31(35)33(41)38(32(30)40)27-16-8-10-21-9-2-3-11-22(21)27/h2-16,20,29-31H,17-19H2,1H3,(H,37,39)/b36-20-/t29?,30-,31-,35?/m1/s1. The number of carbonyl (C=O) groups is 3. The molecule has 8 nitrogen and oxygen atoms in total. The van der Waals surface area contributed by atoms with Gasteiger partial charge in [-0.1, -0.05) is 84.9 Å². The molecule has 3 amide bonds. The van der Waals surface area contributed by atoms with Crippen molar-refractivity contribution in [1.29, 1.82) is 0 Å². The molecule has 4 aromatic rings. The summed E-state index contributed by atoms with van der Waals surface area (Å²) in [7, 11) is 0. The second kappa shape index (κ2) is 9.42. The summed E-state index contributed by atoms with van der Waals surface area (Å²) in [5.74, 6) is -3.51. The summed E-state index contributed by atoms with van der Waals surface area (Å²) in [6.07, 6.45) is 1.65. The molecular weight excluding hydrogens is 542 g/mol. The molecule has 5 aliphatic rings. The molecule has 2 atom stereocenters. The number of hydrogen-bond donors (Lipinski definition) is 1. The first-order valence-corrected chi connectivity index (χ1v) is 14.6. The summed E-state index contributed by atoms with van der Waals surface area (Å²) < 4.78 is 11.2. The van der Waals surface area contributed by atoms with Gasteiger partial charge in [-0.25, -0.2) is 10.3 Å². The van der Waals surface area contributed by atoms with Crippen molar-refractivity contribution in [3.63, 3.8) is 0 Å². The quantitative estimate of drug-likeness (QED) is 0.214. The molecule has 2 aliphatic heterocycles. The highest BCUT2D eigenvalue weighted by Gasteiger charge is 2.68. The molecule has 0 radical (unpaired) electrons. The second-order valence-electron chi connectivity index (χ2n) is 11.8. The Morgan fingerprint density at radius 1 is 0.884 bits per heavy atom. The van der Waals surface area contributed by atoms with Crippen molar-refractivity contribution >= 4 is 40.4 Å². The number of rotatable bonds is 5. The van der Waals surface area contributed by atoms with Crippen molar-refractivity contribution < 1.29 is 23.9 Å². The van der Waals surface area contributed by atoms with Crippen LogP contribution in [0.4, 0.5) is 5.69 Å². The Morgan fingerprint density at radius 3 is 2.23 bits per heavy atom. The maximum Gasteiger partial charge on any atom is 0.245 e. The van der Waals surface area contributed by atoms with Crippen LogP contribution in [0, 0.1) is 11.8 Å². The minimum atomic E-state index is -1.07. The number of benzene rings is 4. The van der Waals surface area contributed by atoms with Crippen molar-refractivity contribution in [3.8, 4) is 0 Å². The topological polar surface area (TPSA) is 97.3 Å². The monoisotopic (exact) mass is 571 g/mol. The van der Waals surface area contributed by atoms with Crippen LogP contribution in [0.1, 0.15) is 41.5 Å². The molecule has 214 valence electrons. The maximum absolute atomic E-state index is 14.7. The zero-order chi connectivity index (χ0) is 29.3. The number of hydrazone groups is 1. The first-order valence-electron chi connectivity index (χ1n) is 14.6. The van der Waals surface area contributed by atoms with Crippen LogP contribution in [-0.2, 0) is 29.3 Å². The molecule has 0 saturated carbocycles. The molecule has 9 rings (SSSR count). The molecule has 3 aliphatic carbocycles. The molecule has 2 fully saturated rings. The zero-order valence-electron chi connectivity index (χ0n) is 23.5. The van der Waals surface area contributed by atoms with Gasteiger partial charge in [-0.05, 0) is 40.6 Å². The number of hydrogen-bond acceptors (Lipinski definition) is 6. The number of nitrogens with zero attached hydrogens (tertiary/aromatic N) is 2. The van der Waals surface area contributed by atoms with Gasteiger partial charge < -0.3 is 9.47 Å². The van der Waals surface area contributed by atoms with E-state index in [1.165, 1.54) is 4.90 Å². The Hall–Kier alpha value is -4.66. The predicted molar refractivity (Wildman–Crippen MR) is 160 cm³/mol. The SMILES string of the molecule is CC1(CC(=O)N/N=C\C23c4ccccc4C(c4ccccc42)[C@H]2C(=O)N(c4cccc5ccccc45)C(=O)[C@@H]23)OCCO1. The van der Waals surface area contributed by atoms with E-state index in [-0.39, 0.29) is 30.1 Å². The largest absolute Gasteiger partial charge is 0.347 e. The zero-order valence-corrected chi connectivity index (χ0v) is 23.5. The van der Waals surface area contributed by atoms with Gasteiger partial charge in [-0.15, -0.1) is 0 Å². The summed E-state index contributed by atoms with van der Waals surface area (Å²) in [6.45, 7) is 2.58. The minimum absolute atomic E-state index is 0.0229. The highest BCUT2D eigenvalue weighted by molar-refractivity contribution is 6.27. The van der Waals surface area contributed by atoms with Gasteiger partial charge in [0.1, 0.15) is 0 Å². The van der Waals surface area contributed by atoms with E-state index in [2.05, 4.69) is 10.5 Å². The van der Waals surface area contributed by atoms with Crippen LogP contribution >= 0.6 is 0 Å². The summed E-state index contributed by atoms with van der Waals surface area (Å²) in [5, 5.41) is 6.28. The van der Waals surface area contributed by atoms with Gasteiger partial charge in [0.05, 0.1) is 42.6 Å². The van der Waals surface area contributed by atoms with Crippen LogP contribution in [0.15, 0.2) is 96.1 Å². The van der Waals surface area contributed by atoms with Crippen LogP contribution < -0.4 is 10.3 Å². The lowest BCUT2D eigenvalue weighted by atomic mass is 9.47. The number of amides is 3. The van der Waals surface area contributed by atoms with Crippen molar-refractivity contribution in [2.45, 2.75) is 30.5 Å². The van der Waals surface area contributed by atoms with E-state index in [0.717, 1.165) is 33.0 Å². The molecular formula is C35H29N3O5. The molecule has 2 heterocycles. The number of nitrogens with one attached hydrogen (secondary N) is 1. The lowest BCUT2D eigenvalue weighted by Gasteiger charge is -2.52. The van der Waals surface area contributed by atoms with Crippen LogP contribution in [0.2, 0.25) is 0 Å². The molecule has 0 spiro atoms. The van der Waals surface area contributed by atoms with Gasteiger partial charge in [0, 0.05) is 17.5 Å². The van der Waals surface area contributed by atoms with Gasteiger partial charge in [0.25, 0.3) is 0 Å². The van der Waals surface area contributed by atoms with Gasteiger partial charge in [0.2, 0.25) is 17.7 Å². The van der Waals surface area contributed by atoms with Gasteiger partial charge in [-0.2, -0.15) is 5.10 Å². The third-order valence-corrected chi connectivity index (χ3v) is 9.53. The number of fused-ring (bicyclic) bond motifs is 1. The number of imide groups is 1. The highest BCUT2D eigenvalue weighted by atomic mass is 16.7. The van der Waals surface area contributed by atoms with Crippen molar-refractivity contribution in [3.05, 3.63) is 113 Å². The molecule has 0 aromatic heterocycles. The average Bonchev–Trinajstić information content (AvgIpc) is 3.57. The number of ether oxygens (including phenoxy) is 2. The molecule has 1 N–H and O–H groups in total. The molecule has 8 heteroatoms. The van der Waals surface area contributed by atoms with Gasteiger partial charge in [-0.3, -0.25) is 14.4 Å². The van der Waals surface area contributed by atoms with Crippen molar-refractivity contribution in [2.24, 2.45) is 16.9 Å². The first-order chi connectivity index (χ1) is 20.9. The van der Waals surface area contributed by atoms with E-state index < -0.39 is 23.0 Å². The Labute approximate surface area is 248 Å². The Kier molecular flexibility index (Phi) is 5.70. The van der Waals surface area contributed by atoms with E-state index in [1.807, 2.05) is 91.0 Å². The predicted octanol–water partition coefficient (Wildman–Crippen LogP) is 4.65. The fourth-order valence-corrected chi connectivity index (χ4v) is 7.89. The molecule has 4 aromatic carbocycles. The van der Waals surface area contributed by atoms with Crippen LogP contribution in [-0.4, -0.2) is 42.9 Å².